The second kappa shape index (κ2) is 8.87. The molecule has 3 heteroatoms. The van der Waals surface area contributed by atoms with E-state index < -0.39 is 0 Å². The first-order chi connectivity index (χ1) is 12.2. The molecule has 1 N–H and O–H groups in total. The lowest BCUT2D eigenvalue weighted by molar-refractivity contribution is -0.115. The van der Waals surface area contributed by atoms with Gasteiger partial charge in [0.2, 0.25) is 0 Å². The number of hydrogen-bond acceptors (Lipinski definition) is 1. The Bertz CT molecular complexity index is 733. The molecule has 2 nitrogen and oxygen atoms in total. The number of hydrogen-bond donors (Lipinski definition) is 1. The zero-order chi connectivity index (χ0) is 17.5. The average Bonchev–Trinajstić information content (AvgIpc) is 2.67. The standard InChI is InChI=1S/C22H24ClNO/c23-21-14-8-7-13-19(21)15-20(18-11-5-2-6-12-18)22(25)24-16-17-9-3-1-4-10-17/h2,5-8,11-15,17H,1,3-4,9-10,16H2,(H,24,25)/b20-15+. The first-order valence-electron chi connectivity index (χ1n) is 9.04. The minimum absolute atomic E-state index is 0.0308. The summed E-state index contributed by atoms with van der Waals surface area (Å²) in [6, 6.07) is 17.4. The number of halogens is 1. The predicted molar refractivity (Wildman–Crippen MR) is 105 cm³/mol. The van der Waals surface area contributed by atoms with E-state index >= 15 is 0 Å². The number of rotatable bonds is 5. The fourth-order valence-electron chi connectivity index (χ4n) is 3.37. The van der Waals surface area contributed by atoms with Crippen molar-refractivity contribution in [3.63, 3.8) is 0 Å². The Morgan fingerprint density at radius 2 is 1.68 bits per heavy atom. The molecule has 1 saturated carbocycles. The molecule has 0 heterocycles. The molecule has 2 aromatic rings. The molecule has 0 bridgehead atoms. The van der Waals surface area contributed by atoms with Gasteiger partial charge in [-0.25, -0.2) is 0 Å². The number of carbonyl (C=O) groups is 1. The Morgan fingerprint density at radius 1 is 1.00 bits per heavy atom. The summed E-state index contributed by atoms with van der Waals surface area (Å²) in [5, 5.41) is 3.79. The molecule has 25 heavy (non-hydrogen) atoms. The van der Waals surface area contributed by atoms with Crippen LogP contribution in [0, 0.1) is 5.92 Å². The average molecular weight is 354 g/mol. The van der Waals surface area contributed by atoms with E-state index in [4.69, 9.17) is 11.6 Å². The predicted octanol–water partition coefficient (Wildman–Crippen LogP) is 5.58. The molecule has 0 spiro atoms. The molecule has 0 atom stereocenters. The Kier molecular flexibility index (Phi) is 6.30. The minimum atomic E-state index is -0.0308. The minimum Gasteiger partial charge on any atom is -0.352 e. The summed E-state index contributed by atoms with van der Waals surface area (Å²) in [6.45, 7) is 0.755. The molecule has 0 aliphatic heterocycles. The quantitative estimate of drug-likeness (QED) is 0.552. The maximum Gasteiger partial charge on any atom is 0.251 e. The van der Waals surface area contributed by atoms with Gasteiger partial charge in [0.05, 0.1) is 0 Å². The van der Waals surface area contributed by atoms with Crippen LogP contribution in [0.1, 0.15) is 43.2 Å². The lowest BCUT2D eigenvalue weighted by Crippen LogP contribution is -2.30. The summed E-state index contributed by atoms with van der Waals surface area (Å²) in [4.78, 5) is 12.9. The van der Waals surface area contributed by atoms with Gasteiger partial charge in [-0.2, -0.15) is 0 Å². The third-order valence-electron chi connectivity index (χ3n) is 4.81. The first-order valence-corrected chi connectivity index (χ1v) is 9.41. The molecular weight excluding hydrogens is 330 g/mol. The molecule has 3 rings (SSSR count). The van der Waals surface area contributed by atoms with Crippen molar-refractivity contribution in [2.45, 2.75) is 32.1 Å². The third kappa shape index (κ3) is 4.96. The monoisotopic (exact) mass is 353 g/mol. The van der Waals surface area contributed by atoms with E-state index in [0.717, 1.165) is 17.7 Å². The van der Waals surface area contributed by atoms with Crippen LogP contribution < -0.4 is 5.32 Å². The number of carbonyl (C=O) groups excluding carboxylic acids is 1. The van der Waals surface area contributed by atoms with E-state index in [9.17, 15) is 4.79 Å². The Morgan fingerprint density at radius 3 is 2.40 bits per heavy atom. The van der Waals surface area contributed by atoms with Gasteiger partial charge in [0.15, 0.2) is 0 Å². The van der Waals surface area contributed by atoms with Crippen molar-refractivity contribution in [2.75, 3.05) is 6.54 Å². The lowest BCUT2D eigenvalue weighted by atomic mass is 9.89. The molecule has 0 unspecified atom stereocenters. The van der Waals surface area contributed by atoms with Crippen LogP contribution in [0.4, 0.5) is 0 Å². The van der Waals surface area contributed by atoms with Crippen LogP contribution in [0.3, 0.4) is 0 Å². The molecule has 1 aliphatic rings. The van der Waals surface area contributed by atoms with E-state index in [1.165, 1.54) is 32.1 Å². The van der Waals surface area contributed by atoms with E-state index in [2.05, 4.69) is 5.32 Å². The van der Waals surface area contributed by atoms with Gasteiger partial charge >= 0.3 is 0 Å². The van der Waals surface area contributed by atoms with E-state index in [1.54, 1.807) is 0 Å². The van der Waals surface area contributed by atoms with Crippen LogP contribution in [0.15, 0.2) is 54.6 Å². The van der Waals surface area contributed by atoms with Crippen molar-refractivity contribution in [3.05, 3.63) is 70.7 Å². The van der Waals surface area contributed by atoms with Crippen LogP contribution in [0.25, 0.3) is 11.6 Å². The molecule has 2 aromatic carbocycles. The summed E-state index contributed by atoms with van der Waals surface area (Å²) < 4.78 is 0. The van der Waals surface area contributed by atoms with Gasteiger partial charge in [-0.3, -0.25) is 4.79 Å². The number of benzene rings is 2. The van der Waals surface area contributed by atoms with Gasteiger partial charge in [-0.1, -0.05) is 79.4 Å². The van der Waals surface area contributed by atoms with Crippen LogP contribution in [-0.2, 0) is 4.79 Å². The first kappa shape index (κ1) is 17.8. The number of nitrogens with one attached hydrogen (secondary N) is 1. The molecule has 130 valence electrons. The molecule has 1 amide bonds. The van der Waals surface area contributed by atoms with Crippen molar-refractivity contribution in [2.24, 2.45) is 5.92 Å². The topological polar surface area (TPSA) is 29.1 Å². The zero-order valence-electron chi connectivity index (χ0n) is 14.4. The van der Waals surface area contributed by atoms with Crippen molar-refractivity contribution in [1.29, 1.82) is 0 Å². The largest absolute Gasteiger partial charge is 0.352 e. The van der Waals surface area contributed by atoms with E-state index in [0.29, 0.717) is 16.5 Å². The van der Waals surface area contributed by atoms with Gasteiger partial charge in [0, 0.05) is 17.1 Å². The summed E-state index contributed by atoms with van der Waals surface area (Å²) in [5.41, 5.74) is 2.42. The highest BCUT2D eigenvalue weighted by Gasteiger charge is 2.17. The van der Waals surface area contributed by atoms with Crippen LogP contribution >= 0.6 is 11.6 Å². The maximum absolute atomic E-state index is 12.9. The molecule has 0 aromatic heterocycles. The van der Waals surface area contributed by atoms with Gasteiger partial charge < -0.3 is 5.32 Å². The fraction of sp³-hybridized carbons (Fsp3) is 0.318. The smallest absolute Gasteiger partial charge is 0.251 e. The van der Waals surface area contributed by atoms with Gasteiger partial charge in [-0.05, 0) is 42.0 Å². The molecule has 1 aliphatic carbocycles. The van der Waals surface area contributed by atoms with Crippen molar-refractivity contribution >= 4 is 29.2 Å². The molecule has 0 radical (unpaired) electrons. The second-order valence-electron chi connectivity index (χ2n) is 6.66. The Balaban J connectivity index is 1.81. The zero-order valence-corrected chi connectivity index (χ0v) is 15.1. The lowest BCUT2D eigenvalue weighted by Gasteiger charge is -2.22. The Labute approximate surface area is 154 Å². The third-order valence-corrected chi connectivity index (χ3v) is 5.15. The Hall–Kier alpha value is -2.06. The molecule has 1 fully saturated rings. The summed E-state index contributed by atoms with van der Waals surface area (Å²) in [5.74, 6) is 0.576. The van der Waals surface area contributed by atoms with Crippen LogP contribution in [0.2, 0.25) is 5.02 Å². The highest BCUT2D eigenvalue weighted by atomic mass is 35.5. The highest BCUT2D eigenvalue weighted by molar-refractivity contribution is 6.33. The SMILES string of the molecule is O=C(NCC1CCCCC1)/C(=C/c1ccccc1Cl)c1ccccc1. The molecule has 0 saturated heterocycles. The van der Waals surface area contributed by atoms with Gasteiger partial charge in [0.1, 0.15) is 0 Å². The molecular formula is C22H24ClNO. The van der Waals surface area contributed by atoms with Crippen molar-refractivity contribution in [3.8, 4) is 0 Å². The summed E-state index contributed by atoms with van der Waals surface area (Å²) in [6.07, 6.45) is 8.20. The van der Waals surface area contributed by atoms with E-state index in [-0.39, 0.29) is 5.91 Å². The fourth-order valence-corrected chi connectivity index (χ4v) is 3.56. The van der Waals surface area contributed by atoms with Crippen molar-refractivity contribution in [1.82, 2.24) is 5.32 Å². The normalized spacial score (nSPS) is 15.8. The second-order valence-corrected chi connectivity index (χ2v) is 7.07. The summed E-state index contributed by atoms with van der Waals surface area (Å²) in [7, 11) is 0. The van der Waals surface area contributed by atoms with Crippen molar-refractivity contribution < 1.29 is 4.79 Å². The number of amides is 1. The van der Waals surface area contributed by atoms with Gasteiger partial charge in [0.25, 0.3) is 5.91 Å². The van der Waals surface area contributed by atoms with E-state index in [1.807, 2.05) is 60.7 Å². The van der Waals surface area contributed by atoms with Gasteiger partial charge in [-0.15, -0.1) is 0 Å². The van der Waals surface area contributed by atoms with Crippen LogP contribution in [-0.4, -0.2) is 12.5 Å². The van der Waals surface area contributed by atoms with Crippen LogP contribution in [0.5, 0.6) is 0 Å². The maximum atomic E-state index is 12.9. The highest BCUT2D eigenvalue weighted by Crippen LogP contribution is 2.25. The summed E-state index contributed by atoms with van der Waals surface area (Å²) >= 11 is 6.28.